The second kappa shape index (κ2) is 5.31. The molecule has 0 aliphatic rings. The van der Waals surface area contributed by atoms with Gasteiger partial charge in [-0.1, -0.05) is 6.07 Å². The van der Waals surface area contributed by atoms with Crippen LogP contribution in [0.1, 0.15) is 28.6 Å². The Kier molecular flexibility index (Phi) is 3.77. The van der Waals surface area contributed by atoms with Crippen LogP contribution in [-0.4, -0.2) is 21.8 Å². The van der Waals surface area contributed by atoms with Crippen molar-refractivity contribution in [2.24, 2.45) is 7.05 Å². The Hall–Kier alpha value is -1.68. The predicted octanol–water partition coefficient (Wildman–Crippen LogP) is 1.94. The molecule has 0 amide bonds. The fourth-order valence-corrected chi connectivity index (χ4v) is 2.21. The lowest BCUT2D eigenvalue weighted by Crippen LogP contribution is -2.21. The van der Waals surface area contributed by atoms with E-state index in [1.807, 2.05) is 37.2 Å². The Morgan fingerprint density at radius 1 is 1.39 bits per heavy atom. The quantitative estimate of drug-likeness (QED) is 0.893. The lowest BCUT2D eigenvalue weighted by atomic mass is 10.0. The van der Waals surface area contributed by atoms with Gasteiger partial charge in [0, 0.05) is 25.9 Å². The van der Waals surface area contributed by atoms with E-state index in [9.17, 15) is 0 Å². The second-order valence-corrected chi connectivity index (χ2v) is 4.74. The maximum absolute atomic E-state index is 4.55. The molecule has 0 fully saturated rings. The number of nitrogens with one attached hydrogen (secondary N) is 1. The molecule has 0 aromatic carbocycles. The third-order valence-electron chi connectivity index (χ3n) is 3.12. The minimum atomic E-state index is 0.209. The van der Waals surface area contributed by atoms with Crippen molar-refractivity contribution >= 4 is 0 Å². The number of rotatable bonds is 4. The van der Waals surface area contributed by atoms with Crippen LogP contribution in [0.5, 0.6) is 0 Å². The molecule has 2 aromatic rings. The molecule has 96 valence electrons. The first-order chi connectivity index (χ1) is 8.60. The third kappa shape index (κ3) is 2.76. The summed E-state index contributed by atoms with van der Waals surface area (Å²) < 4.78 is 1.83. The van der Waals surface area contributed by atoms with Gasteiger partial charge in [0.2, 0.25) is 0 Å². The lowest BCUT2D eigenvalue weighted by molar-refractivity contribution is 0.559. The van der Waals surface area contributed by atoms with Crippen molar-refractivity contribution in [3.8, 4) is 0 Å². The van der Waals surface area contributed by atoms with E-state index in [2.05, 4.69) is 35.3 Å². The molecule has 0 aliphatic heterocycles. The van der Waals surface area contributed by atoms with Gasteiger partial charge in [-0.25, -0.2) is 0 Å². The Labute approximate surface area is 108 Å². The summed E-state index contributed by atoms with van der Waals surface area (Å²) in [4.78, 5) is 4.55. The van der Waals surface area contributed by atoms with E-state index in [4.69, 9.17) is 0 Å². The van der Waals surface area contributed by atoms with E-state index in [1.54, 1.807) is 0 Å². The van der Waals surface area contributed by atoms with Crippen LogP contribution in [-0.2, 0) is 13.5 Å². The van der Waals surface area contributed by atoms with Gasteiger partial charge in [-0.15, -0.1) is 0 Å². The molecule has 0 saturated carbocycles. The van der Waals surface area contributed by atoms with E-state index in [1.165, 1.54) is 11.1 Å². The third-order valence-corrected chi connectivity index (χ3v) is 3.12. The summed E-state index contributed by atoms with van der Waals surface area (Å²) in [7, 11) is 3.90. The van der Waals surface area contributed by atoms with Gasteiger partial charge < -0.3 is 5.32 Å². The van der Waals surface area contributed by atoms with Gasteiger partial charge >= 0.3 is 0 Å². The summed E-state index contributed by atoms with van der Waals surface area (Å²) in [5, 5.41) is 7.74. The van der Waals surface area contributed by atoms with E-state index in [0.717, 1.165) is 17.8 Å². The van der Waals surface area contributed by atoms with Crippen molar-refractivity contribution in [3.05, 3.63) is 47.0 Å². The first-order valence-corrected chi connectivity index (χ1v) is 6.19. The highest BCUT2D eigenvalue weighted by molar-refractivity contribution is 5.26. The van der Waals surface area contributed by atoms with Crippen LogP contribution in [0.4, 0.5) is 0 Å². The standard InChI is InChI=1S/C14H20N4/c1-10-7-11(2)14(16-9-10)13(15-3)8-12-5-6-18(4)17-12/h5-7,9,13,15H,8H2,1-4H3. The highest BCUT2D eigenvalue weighted by Gasteiger charge is 2.15. The number of hydrogen-bond acceptors (Lipinski definition) is 3. The summed E-state index contributed by atoms with van der Waals surface area (Å²) in [6, 6.07) is 4.43. The summed E-state index contributed by atoms with van der Waals surface area (Å²) in [5.41, 5.74) is 4.61. The highest BCUT2D eigenvalue weighted by Crippen LogP contribution is 2.19. The van der Waals surface area contributed by atoms with Crippen molar-refractivity contribution in [1.82, 2.24) is 20.1 Å². The monoisotopic (exact) mass is 244 g/mol. The number of likely N-dealkylation sites (N-methyl/N-ethyl adjacent to an activating group) is 1. The zero-order valence-electron chi connectivity index (χ0n) is 11.4. The Bertz CT molecular complexity index is 530. The molecule has 0 bridgehead atoms. The van der Waals surface area contributed by atoms with Gasteiger partial charge in [-0.2, -0.15) is 5.10 Å². The van der Waals surface area contributed by atoms with E-state index in [0.29, 0.717) is 0 Å². The van der Waals surface area contributed by atoms with Gasteiger partial charge in [-0.3, -0.25) is 9.67 Å². The molecule has 2 rings (SSSR count). The first-order valence-electron chi connectivity index (χ1n) is 6.19. The van der Waals surface area contributed by atoms with Crippen molar-refractivity contribution < 1.29 is 0 Å². The minimum absolute atomic E-state index is 0.209. The number of aryl methyl sites for hydroxylation is 3. The molecule has 2 aromatic heterocycles. The van der Waals surface area contributed by atoms with Crippen molar-refractivity contribution in [1.29, 1.82) is 0 Å². The number of pyridine rings is 1. The van der Waals surface area contributed by atoms with Gasteiger partial charge in [0.05, 0.1) is 17.4 Å². The molecule has 18 heavy (non-hydrogen) atoms. The summed E-state index contributed by atoms with van der Waals surface area (Å²) >= 11 is 0. The van der Waals surface area contributed by atoms with E-state index in [-0.39, 0.29) is 6.04 Å². The van der Waals surface area contributed by atoms with E-state index >= 15 is 0 Å². The molecule has 2 heterocycles. The van der Waals surface area contributed by atoms with Crippen molar-refractivity contribution in [2.75, 3.05) is 7.05 Å². The van der Waals surface area contributed by atoms with Crippen LogP contribution in [0.15, 0.2) is 24.5 Å². The first kappa shape index (κ1) is 12.8. The maximum atomic E-state index is 4.55. The molecular formula is C14H20N4. The molecule has 0 saturated heterocycles. The van der Waals surface area contributed by atoms with Gasteiger partial charge in [-0.05, 0) is 38.1 Å². The van der Waals surface area contributed by atoms with Crippen molar-refractivity contribution in [2.45, 2.75) is 26.3 Å². The van der Waals surface area contributed by atoms with Crippen LogP contribution in [0.25, 0.3) is 0 Å². The fraction of sp³-hybridized carbons (Fsp3) is 0.429. The SMILES string of the molecule is CNC(Cc1ccn(C)n1)c1ncc(C)cc1C. The molecule has 4 heteroatoms. The number of aromatic nitrogens is 3. The maximum Gasteiger partial charge on any atom is 0.0644 e. The highest BCUT2D eigenvalue weighted by atomic mass is 15.2. The molecule has 0 radical (unpaired) electrons. The zero-order chi connectivity index (χ0) is 13.1. The predicted molar refractivity (Wildman–Crippen MR) is 72.4 cm³/mol. The van der Waals surface area contributed by atoms with Crippen LogP contribution in [0, 0.1) is 13.8 Å². The van der Waals surface area contributed by atoms with Crippen LogP contribution in [0.3, 0.4) is 0 Å². The molecule has 0 aliphatic carbocycles. The average Bonchev–Trinajstić information content (AvgIpc) is 2.72. The van der Waals surface area contributed by atoms with Crippen LogP contribution >= 0.6 is 0 Å². The Balaban J connectivity index is 2.22. The molecule has 1 unspecified atom stereocenters. The minimum Gasteiger partial charge on any atom is -0.311 e. The molecular weight excluding hydrogens is 224 g/mol. The van der Waals surface area contributed by atoms with Crippen LogP contribution < -0.4 is 5.32 Å². The molecule has 1 N–H and O–H groups in total. The molecule has 0 spiro atoms. The number of nitrogens with zero attached hydrogens (tertiary/aromatic N) is 3. The largest absolute Gasteiger partial charge is 0.311 e. The second-order valence-electron chi connectivity index (χ2n) is 4.74. The Morgan fingerprint density at radius 2 is 2.17 bits per heavy atom. The smallest absolute Gasteiger partial charge is 0.0644 e. The lowest BCUT2D eigenvalue weighted by Gasteiger charge is -2.17. The van der Waals surface area contributed by atoms with Gasteiger partial charge in [0.25, 0.3) is 0 Å². The van der Waals surface area contributed by atoms with Gasteiger partial charge in [0.15, 0.2) is 0 Å². The van der Waals surface area contributed by atoms with Crippen LogP contribution in [0.2, 0.25) is 0 Å². The zero-order valence-corrected chi connectivity index (χ0v) is 11.4. The summed E-state index contributed by atoms with van der Waals surface area (Å²) in [5.74, 6) is 0. The summed E-state index contributed by atoms with van der Waals surface area (Å²) in [6.45, 7) is 4.18. The topological polar surface area (TPSA) is 42.7 Å². The average molecular weight is 244 g/mol. The van der Waals surface area contributed by atoms with E-state index < -0.39 is 0 Å². The Morgan fingerprint density at radius 3 is 2.72 bits per heavy atom. The van der Waals surface area contributed by atoms with Gasteiger partial charge in [0.1, 0.15) is 0 Å². The van der Waals surface area contributed by atoms with Crippen molar-refractivity contribution in [3.63, 3.8) is 0 Å². The summed E-state index contributed by atoms with van der Waals surface area (Å²) in [6.07, 6.45) is 4.75. The fourth-order valence-electron chi connectivity index (χ4n) is 2.21. The molecule has 1 atom stereocenters. The molecule has 4 nitrogen and oxygen atoms in total. The number of hydrogen-bond donors (Lipinski definition) is 1. The normalized spacial score (nSPS) is 12.7.